The van der Waals surface area contributed by atoms with E-state index >= 15 is 0 Å². The highest BCUT2D eigenvalue weighted by molar-refractivity contribution is 5.91. The van der Waals surface area contributed by atoms with Gasteiger partial charge >= 0.3 is 0 Å². The van der Waals surface area contributed by atoms with Crippen LogP contribution < -0.4 is 0 Å². The van der Waals surface area contributed by atoms with Crippen molar-refractivity contribution in [1.29, 1.82) is 0 Å². The number of piperidine rings is 1. The Morgan fingerprint density at radius 2 is 2.30 bits per heavy atom. The molecule has 1 amide bonds. The van der Waals surface area contributed by atoms with Crippen LogP contribution in [0.1, 0.15) is 40.9 Å². The van der Waals surface area contributed by atoms with E-state index in [-0.39, 0.29) is 11.8 Å². The van der Waals surface area contributed by atoms with Gasteiger partial charge in [-0.25, -0.2) is 0 Å². The third-order valence-electron chi connectivity index (χ3n) is 3.77. The average molecular weight is 274 g/mol. The summed E-state index contributed by atoms with van der Waals surface area (Å²) in [5.74, 6) is 2.33. The number of hydrogen-bond donors (Lipinski definition) is 0. The minimum Gasteiger partial charge on any atom is -0.456 e. The summed E-state index contributed by atoms with van der Waals surface area (Å²) in [5.41, 5.74) is 0. The van der Waals surface area contributed by atoms with Gasteiger partial charge < -0.3 is 13.9 Å². The molecule has 106 valence electrons. The molecule has 0 N–H and O–H groups in total. The molecule has 6 heteroatoms. The fourth-order valence-electron chi connectivity index (χ4n) is 2.74. The van der Waals surface area contributed by atoms with Crippen molar-refractivity contribution in [1.82, 2.24) is 19.7 Å². The molecule has 1 fully saturated rings. The number of likely N-dealkylation sites (tertiary alicyclic amines) is 1. The third-order valence-corrected chi connectivity index (χ3v) is 3.77. The summed E-state index contributed by atoms with van der Waals surface area (Å²) < 4.78 is 7.35. The lowest BCUT2D eigenvalue weighted by molar-refractivity contribution is 0.0670. The summed E-state index contributed by atoms with van der Waals surface area (Å²) >= 11 is 0. The Kier molecular flexibility index (Phi) is 3.30. The summed E-state index contributed by atoms with van der Waals surface area (Å²) in [5, 5.41) is 8.08. The van der Waals surface area contributed by atoms with Gasteiger partial charge in [0.2, 0.25) is 0 Å². The zero-order chi connectivity index (χ0) is 14.1. The van der Waals surface area contributed by atoms with E-state index in [2.05, 4.69) is 10.2 Å². The van der Waals surface area contributed by atoms with Crippen molar-refractivity contribution in [3.63, 3.8) is 0 Å². The molecule has 1 aliphatic heterocycles. The first kappa shape index (κ1) is 12.9. The highest BCUT2D eigenvalue weighted by atomic mass is 16.3. The quantitative estimate of drug-likeness (QED) is 0.836. The van der Waals surface area contributed by atoms with Gasteiger partial charge in [0.1, 0.15) is 17.9 Å². The molecule has 0 radical (unpaired) electrons. The maximum absolute atomic E-state index is 12.4. The number of nitrogens with zero attached hydrogens (tertiary/aromatic N) is 4. The van der Waals surface area contributed by atoms with E-state index in [0.717, 1.165) is 31.0 Å². The van der Waals surface area contributed by atoms with Crippen molar-refractivity contribution >= 4 is 5.91 Å². The van der Waals surface area contributed by atoms with Crippen LogP contribution in [0.15, 0.2) is 22.9 Å². The monoisotopic (exact) mass is 274 g/mol. The number of aromatic nitrogens is 3. The first-order valence-corrected chi connectivity index (χ1v) is 6.85. The van der Waals surface area contributed by atoms with Crippen molar-refractivity contribution in [2.75, 3.05) is 13.1 Å². The average Bonchev–Trinajstić information content (AvgIpc) is 3.07. The number of aryl methyl sites for hydroxylation is 2. The molecule has 1 unspecified atom stereocenters. The Morgan fingerprint density at radius 1 is 1.45 bits per heavy atom. The Morgan fingerprint density at radius 3 is 2.95 bits per heavy atom. The van der Waals surface area contributed by atoms with Crippen LogP contribution in [0.4, 0.5) is 0 Å². The molecule has 0 spiro atoms. The molecule has 1 aliphatic rings. The van der Waals surface area contributed by atoms with Gasteiger partial charge in [-0.2, -0.15) is 0 Å². The van der Waals surface area contributed by atoms with Crippen molar-refractivity contribution in [2.45, 2.75) is 25.7 Å². The smallest absolute Gasteiger partial charge is 0.289 e. The van der Waals surface area contributed by atoms with E-state index in [9.17, 15) is 4.79 Å². The summed E-state index contributed by atoms with van der Waals surface area (Å²) in [4.78, 5) is 14.3. The topological polar surface area (TPSA) is 64.2 Å². The van der Waals surface area contributed by atoms with E-state index < -0.39 is 0 Å². The molecular formula is C14H18N4O2. The van der Waals surface area contributed by atoms with E-state index in [1.54, 1.807) is 12.4 Å². The van der Waals surface area contributed by atoms with Gasteiger partial charge in [-0.3, -0.25) is 4.79 Å². The number of carbonyl (C=O) groups is 1. The standard InChI is InChI=1S/C14H18N4O2/c1-10-5-6-12(20-10)14(19)18-7-3-4-11(8-18)13-16-15-9-17(13)2/h5-6,9,11H,3-4,7-8H2,1-2H3. The van der Waals surface area contributed by atoms with Gasteiger partial charge in [-0.1, -0.05) is 0 Å². The summed E-state index contributed by atoms with van der Waals surface area (Å²) in [7, 11) is 1.94. The van der Waals surface area contributed by atoms with E-state index in [4.69, 9.17) is 4.42 Å². The van der Waals surface area contributed by atoms with Crippen molar-refractivity contribution in [2.24, 2.45) is 7.05 Å². The zero-order valence-corrected chi connectivity index (χ0v) is 11.7. The van der Waals surface area contributed by atoms with Gasteiger partial charge in [-0.15, -0.1) is 10.2 Å². The largest absolute Gasteiger partial charge is 0.456 e. The van der Waals surface area contributed by atoms with Crippen molar-refractivity contribution in [3.8, 4) is 0 Å². The molecule has 1 atom stereocenters. The van der Waals surface area contributed by atoms with Gasteiger partial charge in [0.25, 0.3) is 5.91 Å². The second-order valence-electron chi connectivity index (χ2n) is 5.30. The van der Waals surface area contributed by atoms with Gasteiger partial charge in [0.15, 0.2) is 5.76 Å². The molecule has 0 bridgehead atoms. The fraction of sp³-hybridized carbons (Fsp3) is 0.500. The number of furan rings is 1. The van der Waals surface area contributed by atoms with Crippen LogP contribution in [0.2, 0.25) is 0 Å². The molecule has 2 aromatic rings. The zero-order valence-electron chi connectivity index (χ0n) is 11.7. The normalized spacial score (nSPS) is 19.3. The van der Waals surface area contributed by atoms with Crippen LogP contribution in [0.5, 0.6) is 0 Å². The first-order chi connectivity index (χ1) is 9.65. The first-order valence-electron chi connectivity index (χ1n) is 6.85. The van der Waals surface area contributed by atoms with Crippen molar-refractivity contribution < 1.29 is 9.21 Å². The fourth-order valence-corrected chi connectivity index (χ4v) is 2.74. The Hall–Kier alpha value is -2.11. The molecule has 0 aliphatic carbocycles. The van der Waals surface area contributed by atoms with Crippen LogP contribution >= 0.6 is 0 Å². The molecule has 1 saturated heterocycles. The van der Waals surface area contributed by atoms with Crippen LogP contribution in [0.3, 0.4) is 0 Å². The second kappa shape index (κ2) is 5.11. The lowest BCUT2D eigenvalue weighted by atomic mass is 9.97. The lowest BCUT2D eigenvalue weighted by Crippen LogP contribution is -2.39. The Balaban J connectivity index is 1.75. The highest BCUT2D eigenvalue weighted by Crippen LogP contribution is 2.26. The molecule has 3 rings (SSSR count). The highest BCUT2D eigenvalue weighted by Gasteiger charge is 2.29. The molecule has 6 nitrogen and oxygen atoms in total. The second-order valence-corrected chi connectivity index (χ2v) is 5.30. The number of amides is 1. The molecule has 3 heterocycles. The van der Waals surface area contributed by atoms with Crippen molar-refractivity contribution in [3.05, 3.63) is 35.8 Å². The predicted octanol–water partition coefficient (Wildman–Crippen LogP) is 1.74. The van der Waals surface area contributed by atoms with Crippen LogP contribution in [0, 0.1) is 6.92 Å². The molecule has 0 aromatic carbocycles. The number of hydrogen-bond acceptors (Lipinski definition) is 4. The Bertz CT molecular complexity index is 616. The minimum atomic E-state index is -0.0371. The van der Waals surface area contributed by atoms with E-state index in [1.165, 1.54) is 0 Å². The molecule has 0 saturated carbocycles. The van der Waals surface area contributed by atoms with Gasteiger partial charge in [-0.05, 0) is 31.9 Å². The summed E-state index contributed by atoms with van der Waals surface area (Å²) in [6.07, 6.45) is 3.71. The third kappa shape index (κ3) is 2.33. The van der Waals surface area contributed by atoms with Crippen LogP contribution in [0.25, 0.3) is 0 Å². The Labute approximate surface area is 117 Å². The predicted molar refractivity (Wildman–Crippen MR) is 72.3 cm³/mol. The number of carbonyl (C=O) groups excluding carboxylic acids is 1. The summed E-state index contributed by atoms with van der Waals surface area (Å²) in [6.45, 7) is 3.29. The van der Waals surface area contributed by atoms with Crippen LogP contribution in [-0.2, 0) is 7.05 Å². The van der Waals surface area contributed by atoms with Crippen LogP contribution in [-0.4, -0.2) is 38.7 Å². The molecule has 20 heavy (non-hydrogen) atoms. The lowest BCUT2D eigenvalue weighted by Gasteiger charge is -2.31. The maximum Gasteiger partial charge on any atom is 0.289 e. The van der Waals surface area contributed by atoms with Gasteiger partial charge in [0.05, 0.1) is 0 Å². The minimum absolute atomic E-state index is 0.0371. The maximum atomic E-state index is 12.4. The van der Waals surface area contributed by atoms with E-state index in [0.29, 0.717) is 12.3 Å². The molecular weight excluding hydrogens is 256 g/mol. The van der Waals surface area contributed by atoms with Gasteiger partial charge in [0, 0.05) is 26.1 Å². The summed E-state index contributed by atoms with van der Waals surface area (Å²) in [6, 6.07) is 3.56. The molecule has 2 aromatic heterocycles. The number of rotatable bonds is 2. The van der Waals surface area contributed by atoms with E-state index in [1.807, 2.05) is 29.5 Å². The SMILES string of the molecule is Cc1ccc(C(=O)N2CCCC(c3nncn3C)C2)o1.